The molecule has 0 aliphatic carbocycles. The van der Waals surface area contributed by atoms with Crippen LogP contribution in [0.15, 0.2) is 36.5 Å². The topological polar surface area (TPSA) is 86.8 Å². The average molecular weight is 425 g/mol. The molecular formula is C19H18Cl2N2O5. The van der Waals surface area contributed by atoms with Gasteiger partial charge in [0.2, 0.25) is 5.88 Å². The lowest BCUT2D eigenvalue weighted by Gasteiger charge is -2.17. The van der Waals surface area contributed by atoms with Crippen LogP contribution in [0.5, 0.6) is 5.88 Å². The molecule has 2 heterocycles. The molecular weight excluding hydrogens is 407 g/mol. The first-order valence-corrected chi connectivity index (χ1v) is 9.27. The van der Waals surface area contributed by atoms with Gasteiger partial charge in [-0.1, -0.05) is 35.3 Å². The third-order valence-electron chi connectivity index (χ3n) is 4.15. The van der Waals surface area contributed by atoms with Crippen LogP contribution in [-0.2, 0) is 14.3 Å². The highest BCUT2D eigenvalue weighted by molar-refractivity contribution is 6.32. The molecule has 1 fully saturated rings. The quantitative estimate of drug-likeness (QED) is 0.716. The van der Waals surface area contributed by atoms with Crippen molar-refractivity contribution in [1.29, 1.82) is 0 Å². The number of rotatable bonds is 6. The Hall–Kier alpha value is -2.35. The average Bonchev–Trinajstić information content (AvgIpc) is 3.21. The van der Waals surface area contributed by atoms with E-state index in [1.807, 2.05) is 0 Å². The van der Waals surface area contributed by atoms with Crippen molar-refractivity contribution in [3.8, 4) is 5.88 Å². The van der Waals surface area contributed by atoms with Crippen LogP contribution in [0.3, 0.4) is 0 Å². The predicted octanol–water partition coefficient (Wildman–Crippen LogP) is 3.20. The molecule has 0 spiro atoms. The third-order valence-corrected chi connectivity index (χ3v) is 4.67. The third kappa shape index (κ3) is 4.92. The molecule has 2 unspecified atom stereocenters. The molecule has 2 atom stereocenters. The number of methoxy groups -OCH3 is 1. The van der Waals surface area contributed by atoms with E-state index in [1.165, 1.54) is 19.4 Å². The maximum absolute atomic E-state index is 12.6. The minimum Gasteiger partial charge on any atom is -0.471 e. The van der Waals surface area contributed by atoms with E-state index >= 15 is 0 Å². The first-order chi connectivity index (χ1) is 13.5. The number of pyridine rings is 1. The van der Waals surface area contributed by atoms with Crippen LogP contribution in [0.1, 0.15) is 28.4 Å². The Labute approximate surface area is 171 Å². The van der Waals surface area contributed by atoms with Crippen LogP contribution in [-0.4, -0.2) is 43.3 Å². The molecule has 2 aromatic rings. The second kappa shape index (κ2) is 9.23. The Morgan fingerprint density at radius 1 is 1.29 bits per heavy atom. The number of aromatic nitrogens is 1. The Balaban J connectivity index is 1.74. The number of nitrogens with zero attached hydrogens (tertiary/aromatic N) is 1. The first kappa shape index (κ1) is 20.4. The highest BCUT2D eigenvalue weighted by atomic mass is 35.5. The van der Waals surface area contributed by atoms with Crippen molar-refractivity contribution in [2.24, 2.45) is 0 Å². The summed E-state index contributed by atoms with van der Waals surface area (Å²) in [6.45, 7) is 1.10. The van der Waals surface area contributed by atoms with E-state index in [1.54, 1.807) is 24.3 Å². The number of hydrogen-bond acceptors (Lipinski definition) is 6. The summed E-state index contributed by atoms with van der Waals surface area (Å²) in [5.74, 6) is -0.914. The Bertz CT molecular complexity index is 854. The van der Waals surface area contributed by atoms with Gasteiger partial charge in [-0.25, -0.2) is 9.78 Å². The van der Waals surface area contributed by atoms with Crippen molar-refractivity contribution < 1.29 is 23.8 Å². The van der Waals surface area contributed by atoms with Gasteiger partial charge in [0.05, 0.1) is 25.9 Å². The van der Waals surface area contributed by atoms with Gasteiger partial charge in [0, 0.05) is 17.6 Å². The fourth-order valence-corrected chi connectivity index (χ4v) is 3.00. The summed E-state index contributed by atoms with van der Waals surface area (Å²) in [6.07, 6.45) is 1.98. The monoisotopic (exact) mass is 424 g/mol. The van der Waals surface area contributed by atoms with Crippen LogP contribution < -0.4 is 10.1 Å². The highest BCUT2D eigenvalue weighted by Gasteiger charge is 2.25. The van der Waals surface area contributed by atoms with E-state index in [-0.39, 0.29) is 22.6 Å². The molecule has 1 aromatic carbocycles. The molecule has 28 heavy (non-hydrogen) atoms. The molecule has 0 radical (unpaired) electrons. The van der Waals surface area contributed by atoms with Gasteiger partial charge in [0.1, 0.15) is 11.1 Å². The summed E-state index contributed by atoms with van der Waals surface area (Å²) >= 11 is 12.1. The van der Waals surface area contributed by atoms with Gasteiger partial charge < -0.3 is 19.5 Å². The maximum Gasteiger partial charge on any atom is 0.333 e. The van der Waals surface area contributed by atoms with Crippen molar-refractivity contribution in [1.82, 2.24) is 10.3 Å². The number of carbonyl (C=O) groups excluding carboxylic acids is 2. The molecule has 1 N–H and O–H groups in total. The first-order valence-electron chi connectivity index (χ1n) is 8.52. The van der Waals surface area contributed by atoms with E-state index in [9.17, 15) is 9.59 Å². The van der Waals surface area contributed by atoms with Crippen molar-refractivity contribution in [2.45, 2.75) is 18.6 Å². The minimum atomic E-state index is -1.000. The Morgan fingerprint density at radius 2 is 2.04 bits per heavy atom. The van der Waals surface area contributed by atoms with E-state index in [4.69, 9.17) is 37.4 Å². The van der Waals surface area contributed by atoms with Crippen molar-refractivity contribution in [2.75, 3.05) is 20.3 Å². The number of carbonyl (C=O) groups is 2. The molecule has 9 heteroatoms. The summed E-state index contributed by atoms with van der Waals surface area (Å²) in [5.41, 5.74) is 0.715. The van der Waals surface area contributed by atoms with Crippen LogP contribution >= 0.6 is 23.2 Å². The fraction of sp³-hybridized carbons (Fsp3) is 0.316. The number of ether oxygens (including phenoxy) is 3. The molecule has 1 aliphatic heterocycles. The van der Waals surface area contributed by atoms with Gasteiger partial charge in [0.15, 0.2) is 6.04 Å². The molecule has 148 valence electrons. The summed E-state index contributed by atoms with van der Waals surface area (Å²) in [5, 5.41) is 3.33. The standard InChI is InChI=1S/C19H18Cl2N2O5/c1-26-19(25)16(11-2-4-13(20)5-3-11)23-17(24)12-8-15(21)18(22-9-12)28-14-6-7-27-10-14/h2-5,8-9,14,16H,6-7,10H2,1H3,(H,23,24). The molecule has 0 saturated carbocycles. The highest BCUT2D eigenvalue weighted by Crippen LogP contribution is 2.26. The van der Waals surface area contributed by atoms with Crippen LogP contribution in [0.25, 0.3) is 0 Å². The smallest absolute Gasteiger partial charge is 0.333 e. The van der Waals surface area contributed by atoms with Crippen molar-refractivity contribution in [3.05, 3.63) is 57.7 Å². The van der Waals surface area contributed by atoms with Gasteiger partial charge >= 0.3 is 5.97 Å². The van der Waals surface area contributed by atoms with Crippen molar-refractivity contribution >= 4 is 35.1 Å². The lowest BCUT2D eigenvalue weighted by atomic mass is 10.1. The molecule has 1 aromatic heterocycles. The Morgan fingerprint density at radius 3 is 2.64 bits per heavy atom. The van der Waals surface area contributed by atoms with Gasteiger partial charge in [-0.3, -0.25) is 4.79 Å². The number of halogens is 2. The summed E-state index contributed by atoms with van der Waals surface area (Å²) in [6, 6.07) is 6.95. The molecule has 1 amide bonds. The molecule has 7 nitrogen and oxygen atoms in total. The largest absolute Gasteiger partial charge is 0.471 e. The van der Waals surface area contributed by atoms with Gasteiger partial charge in [-0.2, -0.15) is 0 Å². The normalized spacial score (nSPS) is 17.0. The van der Waals surface area contributed by atoms with Crippen LogP contribution in [0.4, 0.5) is 0 Å². The molecule has 3 rings (SSSR count). The zero-order valence-electron chi connectivity index (χ0n) is 15.0. The van der Waals surface area contributed by atoms with E-state index < -0.39 is 17.9 Å². The van der Waals surface area contributed by atoms with Crippen LogP contribution in [0, 0.1) is 0 Å². The van der Waals surface area contributed by atoms with E-state index in [0.717, 1.165) is 6.42 Å². The second-order valence-corrected chi connectivity index (χ2v) is 6.94. The summed E-state index contributed by atoms with van der Waals surface area (Å²) in [4.78, 5) is 28.9. The summed E-state index contributed by atoms with van der Waals surface area (Å²) in [7, 11) is 1.24. The molecule has 0 bridgehead atoms. The predicted molar refractivity (Wildman–Crippen MR) is 103 cm³/mol. The minimum absolute atomic E-state index is 0.113. The molecule has 1 aliphatic rings. The number of nitrogens with one attached hydrogen (secondary N) is 1. The molecule has 1 saturated heterocycles. The van der Waals surface area contributed by atoms with Crippen molar-refractivity contribution in [3.63, 3.8) is 0 Å². The second-order valence-electron chi connectivity index (χ2n) is 6.10. The van der Waals surface area contributed by atoms with E-state index in [0.29, 0.717) is 23.8 Å². The van der Waals surface area contributed by atoms with Gasteiger partial charge in [-0.05, 0) is 23.8 Å². The number of esters is 1. The number of amides is 1. The SMILES string of the molecule is COC(=O)C(NC(=O)c1cnc(OC2CCOC2)c(Cl)c1)c1ccc(Cl)cc1. The zero-order chi connectivity index (χ0) is 20.1. The lowest BCUT2D eigenvalue weighted by Crippen LogP contribution is -2.34. The maximum atomic E-state index is 12.6. The lowest BCUT2D eigenvalue weighted by molar-refractivity contribution is -0.143. The fourth-order valence-electron chi connectivity index (χ4n) is 2.67. The Kier molecular flexibility index (Phi) is 6.72. The van der Waals surface area contributed by atoms with Gasteiger partial charge in [0.25, 0.3) is 5.91 Å². The summed E-state index contributed by atoms with van der Waals surface area (Å²) < 4.78 is 15.7. The van der Waals surface area contributed by atoms with E-state index in [2.05, 4.69) is 10.3 Å². The zero-order valence-corrected chi connectivity index (χ0v) is 16.5. The number of hydrogen-bond donors (Lipinski definition) is 1. The number of benzene rings is 1. The van der Waals surface area contributed by atoms with Crippen LogP contribution in [0.2, 0.25) is 10.0 Å². The van der Waals surface area contributed by atoms with Gasteiger partial charge in [-0.15, -0.1) is 0 Å².